The number of nitrogens with one attached hydrogen (secondary N) is 2. The molecule has 0 spiro atoms. The molecule has 0 saturated carbocycles. The van der Waals surface area contributed by atoms with E-state index in [1.165, 1.54) is 0 Å². The molecule has 1 aromatic rings. The van der Waals surface area contributed by atoms with E-state index in [1.54, 1.807) is 0 Å². The molecule has 192 valence electrons. The average Bonchev–Trinajstić information content (AvgIpc) is 2.85. The van der Waals surface area contributed by atoms with Crippen molar-refractivity contribution in [3.63, 3.8) is 0 Å². The topological polar surface area (TPSA) is 53.5 Å². The lowest BCUT2D eigenvalue weighted by Gasteiger charge is -2.28. The summed E-state index contributed by atoms with van der Waals surface area (Å²) >= 11 is 0. The van der Waals surface area contributed by atoms with E-state index < -0.39 is 5.41 Å². The van der Waals surface area contributed by atoms with Crippen molar-refractivity contribution in [1.82, 2.24) is 10.6 Å². The van der Waals surface area contributed by atoms with Gasteiger partial charge in [-0.2, -0.15) is 0 Å². The third kappa shape index (κ3) is 7.07. The fourth-order valence-electron chi connectivity index (χ4n) is 4.22. The molecule has 0 amide bonds. The van der Waals surface area contributed by atoms with Crippen LogP contribution in [0.3, 0.4) is 0 Å². The molecule has 0 bridgehead atoms. The summed E-state index contributed by atoms with van der Waals surface area (Å²) in [5.41, 5.74) is 8.24. The Morgan fingerprint density at radius 2 is 1.92 bits per heavy atom. The van der Waals surface area contributed by atoms with E-state index in [0.717, 1.165) is 63.5 Å². The maximum atomic E-state index is 13.0. The third-order valence-corrected chi connectivity index (χ3v) is 6.83. The van der Waals surface area contributed by atoms with Gasteiger partial charge in [-0.05, 0) is 93.5 Å². The predicted octanol–water partition coefficient (Wildman–Crippen LogP) is 7.66. The second-order valence-corrected chi connectivity index (χ2v) is 10.1. The highest BCUT2D eigenvalue weighted by molar-refractivity contribution is 5.91. The van der Waals surface area contributed by atoms with Crippen molar-refractivity contribution < 1.29 is 4.79 Å². The number of dihydropyridines is 1. The molecule has 36 heavy (non-hydrogen) atoms. The number of rotatable bonds is 11. The summed E-state index contributed by atoms with van der Waals surface area (Å²) in [7, 11) is 0. The first-order valence-electron chi connectivity index (χ1n) is 12.8. The van der Waals surface area contributed by atoms with E-state index in [-0.39, 0.29) is 11.7 Å². The molecule has 1 aromatic carbocycles. The number of nitrogens with zero attached hydrogens (tertiary/aromatic N) is 1. The molecule has 0 aromatic heterocycles. The van der Waals surface area contributed by atoms with Crippen LogP contribution in [0.2, 0.25) is 0 Å². The molecule has 2 N–H and O–H groups in total. The van der Waals surface area contributed by atoms with Crippen molar-refractivity contribution in [3.05, 3.63) is 101 Å². The van der Waals surface area contributed by atoms with Crippen molar-refractivity contribution in [3.8, 4) is 0 Å². The Kier molecular flexibility index (Phi) is 10.0. The van der Waals surface area contributed by atoms with Crippen LogP contribution in [-0.4, -0.2) is 12.0 Å². The minimum absolute atomic E-state index is 0.0389. The van der Waals surface area contributed by atoms with Crippen LogP contribution >= 0.6 is 0 Å². The minimum Gasteiger partial charge on any atom is -0.360 e. The molecule has 2 rings (SSSR count). The van der Waals surface area contributed by atoms with Crippen molar-refractivity contribution in [2.45, 2.75) is 73.6 Å². The Bertz CT molecular complexity index is 1170. The fraction of sp³-hybridized carbons (Fsp3) is 0.375. The van der Waals surface area contributed by atoms with Crippen molar-refractivity contribution in [2.24, 2.45) is 10.9 Å². The Morgan fingerprint density at radius 1 is 1.22 bits per heavy atom. The van der Waals surface area contributed by atoms with Crippen molar-refractivity contribution in [2.75, 3.05) is 0 Å². The van der Waals surface area contributed by atoms with E-state index in [2.05, 4.69) is 69.7 Å². The highest BCUT2D eigenvalue weighted by Gasteiger charge is 2.33. The van der Waals surface area contributed by atoms with Gasteiger partial charge in [-0.15, -0.1) is 0 Å². The van der Waals surface area contributed by atoms with E-state index in [0.29, 0.717) is 0 Å². The molecule has 0 aliphatic carbocycles. The van der Waals surface area contributed by atoms with Gasteiger partial charge in [0.2, 0.25) is 0 Å². The molecule has 1 aliphatic rings. The molecule has 1 atom stereocenters. The quantitative estimate of drug-likeness (QED) is 0.250. The van der Waals surface area contributed by atoms with Gasteiger partial charge in [-0.25, -0.2) is 0 Å². The summed E-state index contributed by atoms with van der Waals surface area (Å²) in [6.45, 7) is 24.6. The molecule has 0 fully saturated rings. The number of benzene rings is 1. The molecular weight excluding hydrogens is 442 g/mol. The first kappa shape index (κ1) is 28.8. The minimum atomic E-state index is -0.530. The van der Waals surface area contributed by atoms with Crippen LogP contribution in [0.5, 0.6) is 0 Å². The summed E-state index contributed by atoms with van der Waals surface area (Å²) in [5, 5.41) is 6.56. The Hall–Kier alpha value is -3.40. The van der Waals surface area contributed by atoms with Gasteiger partial charge in [0, 0.05) is 35.1 Å². The van der Waals surface area contributed by atoms with Gasteiger partial charge in [-0.3, -0.25) is 9.79 Å². The van der Waals surface area contributed by atoms with Crippen LogP contribution in [-0.2, 0) is 10.2 Å². The van der Waals surface area contributed by atoms with Crippen LogP contribution in [0, 0.1) is 12.8 Å². The van der Waals surface area contributed by atoms with Crippen LogP contribution in [0.4, 0.5) is 0 Å². The van der Waals surface area contributed by atoms with E-state index in [9.17, 15) is 4.79 Å². The third-order valence-electron chi connectivity index (χ3n) is 6.83. The van der Waals surface area contributed by atoms with Gasteiger partial charge < -0.3 is 10.6 Å². The van der Waals surface area contributed by atoms with Gasteiger partial charge in [0.25, 0.3) is 0 Å². The SMILES string of the molecule is C=C1C=CC(N/C(C)=C(C)/C(=C\C(=C)c2ccc(C(C)(C)C(=O)C(C)CC)c(C)c2)N=CCC)=CN1. The number of Topliss-reactive ketones (excluding diaryl/α,β-unsaturated/α-hetero) is 1. The molecule has 4 heteroatoms. The number of hydrogen-bond acceptors (Lipinski definition) is 4. The number of carbonyl (C=O) groups is 1. The summed E-state index contributed by atoms with van der Waals surface area (Å²) in [6, 6.07) is 6.27. The Balaban J connectivity index is 2.38. The smallest absolute Gasteiger partial charge is 0.145 e. The average molecular weight is 486 g/mol. The van der Waals surface area contributed by atoms with Gasteiger partial charge in [-0.1, -0.05) is 52.1 Å². The number of aliphatic imine (C=N–C) groups is 1. The highest BCUT2D eigenvalue weighted by Crippen LogP contribution is 2.33. The summed E-state index contributed by atoms with van der Waals surface area (Å²) in [5.74, 6) is 0.318. The first-order chi connectivity index (χ1) is 16.9. The molecule has 4 nitrogen and oxygen atoms in total. The molecule has 1 aliphatic heterocycles. The van der Waals surface area contributed by atoms with Crippen LogP contribution in [0.15, 0.2) is 89.1 Å². The zero-order valence-electron chi connectivity index (χ0n) is 23.4. The van der Waals surface area contributed by atoms with Crippen molar-refractivity contribution >= 4 is 17.6 Å². The normalized spacial score (nSPS) is 15.8. The standard InChI is InChI=1S/C32H43N3O/c1-11-17-33-30(25(7)26(8)35-28-15-13-24(6)34-20-28)19-22(4)27-14-16-29(23(5)18-27)32(9,10)31(36)21(3)12-2/h13-21,34-35H,4,6,11-12H2,1-3,5,7-10H3/b26-25+,30-19+,33-17?. The lowest BCUT2D eigenvalue weighted by atomic mass is 9.73. The molecule has 0 saturated heterocycles. The maximum Gasteiger partial charge on any atom is 0.145 e. The predicted molar refractivity (Wildman–Crippen MR) is 156 cm³/mol. The second kappa shape index (κ2) is 12.5. The zero-order chi connectivity index (χ0) is 27.0. The van der Waals surface area contributed by atoms with Gasteiger partial charge in [0.15, 0.2) is 0 Å². The van der Waals surface area contributed by atoms with Gasteiger partial charge in [0.05, 0.1) is 11.4 Å². The lowest BCUT2D eigenvalue weighted by Crippen LogP contribution is -2.34. The molecular formula is C32H43N3O. The Labute approximate surface area is 218 Å². The van der Waals surface area contributed by atoms with Gasteiger partial charge in [0.1, 0.15) is 5.78 Å². The number of aryl methyl sites for hydroxylation is 1. The molecule has 0 radical (unpaired) electrons. The monoisotopic (exact) mass is 485 g/mol. The number of ketones is 1. The zero-order valence-corrected chi connectivity index (χ0v) is 23.4. The Morgan fingerprint density at radius 3 is 2.47 bits per heavy atom. The second-order valence-electron chi connectivity index (χ2n) is 10.1. The molecule has 1 heterocycles. The maximum absolute atomic E-state index is 13.0. The van der Waals surface area contributed by atoms with E-state index in [1.807, 2.05) is 58.3 Å². The highest BCUT2D eigenvalue weighted by atomic mass is 16.1. The van der Waals surface area contributed by atoms with Gasteiger partial charge >= 0.3 is 0 Å². The van der Waals surface area contributed by atoms with Crippen LogP contribution in [0.1, 0.15) is 78.0 Å². The van der Waals surface area contributed by atoms with Crippen LogP contribution in [0.25, 0.3) is 5.57 Å². The number of allylic oxidation sites excluding steroid dienone is 6. The van der Waals surface area contributed by atoms with Crippen LogP contribution < -0.4 is 10.6 Å². The number of hydrogen-bond donors (Lipinski definition) is 2. The van der Waals surface area contributed by atoms with Crippen molar-refractivity contribution in [1.29, 1.82) is 0 Å². The number of carbonyl (C=O) groups excluding carboxylic acids is 1. The summed E-state index contributed by atoms with van der Waals surface area (Å²) < 4.78 is 0. The molecule has 1 unspecified atom stereocenters. The van der Waals surface area contributed by atoms with E-state index in [4.69, 9.17) is 4.99 Å². The van der Waals surface area contributed by atoms with E-state index >= 15 is 0 Å². The summed E-state index contributed by atoms with van der Waals surface area (Å²) in [4.78, 5) is 17.8. The first-order valence-corrected chi connectivity index (χ1v) is 12.8. The largest absolute Gasteiger partial charge is 0.360 e. The summed E-state index contributed by atoms with van der Waals surface area (Å²) in [6.07, 6.45) is 11.5. The lowest BCUT2D eigenvalue weighted by molar-refractivity contribution is -0.127. The fourth-order valence-corrected chi connectivity index (χ4v) is 4.22.